The SMILES string of the molecule is Cc1cc(=O)c(C(=O)Nc2cc(C(N)=O)c(F)cc2F)nn1-c1ccccc1C(F)(F)F. The zero-order valence-corrected chi connectivity index (χ0v) is 16.1. The van der Waals surface area contributed by atoms with Gasteiger partial charge in [0.05, 0.1) is 22.5 Å². The van der Waals surface area contributed by atoms with Gasteiger partial charge >= 0.3 is 6.18 Å². The van der Waals surface area contributed by atoms with Crippen LogP contribution in [0, 0.1) is 18.6 Å². The summed E-state index contributed by atoms with van der Waals surface area (Å²) in [5.41, 5.74) is 0.218. The lowest BCUT2D eigenvalue weighted by Crippen LogP contribution is -2.28. The van der Waals surface area contributed by atoms with Gasteiger partial charge in [-0.05, 0) is 25.1 Å². The minimum atomic E-state index is -4.75. The standard InChI is InChI=1S/C20H13F5N4O3/c1-9-6-16(30)17(28-29(9)15-5-3-2-4-11(15)20(23,24)25)19(32)27-14-7-10(18(26)31)12(21)8-13(14)22/h2-8H,1H3,(H2,26,31)(H,27,32). The lowest BCUT2D eigenvalue weighted by atomic mass is 10.1. The molecule has 0 aliphatic carbocycles. The van der Waals surface area contributed by atoms with Crippen molar-refractivity contribution in [2.24, 2.45) is 5.73 Å². The molecule has 0 atom stereocenters. The van der Waals surface area contributed by atoms with E-state index in [1.165, 1.54) is 13.0 Å². The van der Waals surface area contributed by atoms with Gasteiger partial charge in [-0.15, -0.1) is 0 Å². The first-order valence-corrected chi connectivity index (χ1v) is 8.78. The Kier molecular flexibility index (Phi) is 5.80. The van der Waals surface area contributed by atoms with Crippen molar-refractivity contribution < 1.29 is 31.5 Å². The Labute approximate surface area is 176 Å². The van der Waals surface area contributed by atoms with Gasteiger partial charge in [0.2, 0.25) is 5.43 Å². The lowest BCUT2D eigenvalue weighted by molar-refractivity contribution is -0.137. The number of hydrogen-bond acceptors (Lipinski definition) is 4. The Morgan fingerprint density at radius 3 is 2.34 bits per heavy atom. The Balaban J connectivity index is 2.09. The number of carbonyl (C=O) groups is 2. The molecule has 0 saturated carbocycles. The second-order valence-electron chi connectivity index (χ2n) is 6.56. The summed E-state index contributed by atoms with van der Waals surface area (Å²) in [6.07, 6.45) is -4.75. The predicted molar refractivity (Wildman–Crippen MR) is 102 cm³/mol. The van der Waals surface area contributed by atoms with Crippen LogP contribution in [-0.4, -0.2) is 21.6 Å². The number of nitrogens with two attached hydrogens (primary N) is 1. The van der Waals surface area contributed by atoms with Gasteiger partial charge in [0, 0.05) is 17.8 Å². The van der Waals surface area contributed by atoms with Gasteiger partial charge in [0.15, 0.2) is 5.69 Å². The fraction of sp³-hybridized carbons (Fsp3) is 0.100. The maximum absolute atomic E-state index is 14.0. The van der Waals surface area contributed by atoms with Crippen LogP contribution in [0.3, 0.4) is 0 Å². The van der Waals surface area contributed by atoms with Crippen LogP contribution in [-0.2, 0) is 6.18 Å². The molecule has 2 amide bonds. The maximum atomic E-state index is 14.0. The molecule has 3 aromatic rings. The molecule has 0 unspecified atom stereocenters. The number of anilines is 1. The summed E-state index contributed by atoms with van der Waals surface area (Å²) in [7, 11) is 0. The highest BCUT2D eigenvalue weighted by Crippen LogP contribution is 2.33. The molecule has 3 N–H and O–H groups in total. The highest BCUT2D eigenvalue weighted by molar-refractivity contribution is 6.03. The average molecular weight is 452 g/mol. The Morgan fingerprint density at radius 1 is 1.06 bits per heavy atom. The number of hydrogen-bond donors (Lipinski definition) is 2. The highest BCUT2D eigenvalue weighted by Gasteiger charge is 2.34. The molecule has 0 saturated heterocycles. The average Bonchev–Trinajstić information content (AvgIpc) is 2.69. The van der Waals surface area contributed by atoms with Gasteiger partial charge in [-0.2, -0.15) is 18.3 Å². The number of primary amides is 1. The molecule has 0 aliphatic heterocycles. The lowest BCUT2D eigenvalue weighted by Gasteiger charge is -2.16. The van der Waals surface area contributed by atoms with E-state index in [2.05, 4.69) is 5.10 Å². The number of halogens is 5. The third-order valence-electron chi connectivity index (χ3n) is 4.33. The molecule has 0 radical (unpaired) electrons. The molecular formula is C20H13F5N4O3. The van der Waals surface area contributed by atoms with E-state index >= 15 is 0 Å². The molecule has 3 rings (SSSR count). The number of nitrogens with zero attached hydrogens (tertiary/aromatic N) is 2. The zero-order valence-electron chi connectivity index (χ0n) is 16.1. The summed E-state index contributed by atoms with van der Waals surface area (Å²) in [6, 6.07) is 6.16. The first kappa shape index (κ1) is 22.6. The van der Waals surface area contributed by atoms with Crippen molar-refractivity contribution in [3.05, 3.63) is 86.8 Å². The second-order valence-corrected chi connectivity index (χ2v) is 6.56. The molecule has 0 fully saturated rings. The summed E-state index contributed by atoms with van der Waals surface area (Å²) in [4.78, 5) is 36.0. The topological polar surface area (TPSA) is 107 Å². The van der Waals surface area contributed by atoms with Crippen molar-refractivity contribution in [3.8, 4) is 5.69 Å². The van der Waals surface area contributed by atoms with E-state index in [0.29, 0.717) is 12.1 Å². The maximum Gasteiger partial charge on any atom is 0.418 e. The van der Waals surface area contributed by atoms with Gasteiger partial charge in [-0.3, -0.25) is 14.4 Å². The molecule has 12 heteroatoms. The van der Waals surface area contributed by atoms with E-state index < -0.39 is 63.2 Å². The van der Waals surface area contributed by atoms with Gasteiger partial charge < -0.3 is 11.1 Å². The number of nitrogens with one attached hydrogen (secondary N) is 1. The molecule has 7 nitrogen and oxygen atoms in total. The largest absolute Gasteiger partial charge is 0.418 e. The van der Waals surface area contributed by atoms with E-state index in [4.69, 9.17) is 5.73 Å². The normalized spacial score (nSPS) is 11.3. The van der Waals surface area contributed by atoms with Gasteiger partial charge in [0.1, 0.15) is 11.6 Å². The summed E-state index contributed by atoms with van der Waals surface area (Å²) < 4.78 is 68.5. The molecule has 1 aromatic heterocycles. The molecule has 1 heterocycles. The third kappa shape index (κ3) is 4.33. The van der Waals surface area contributed by atoms with Crippen molar-refractivity contribution in [3.63, 3.8) is 0 Å². The fourth-order valence-electron chi connectivity index (χ4n) is 2.86. The molecular weight excluding hydrogens is 439 g/mol. The molecule has 2 aromatic carbocycles. The molecule has 0 spiro atoms. The first-order valence-electron chi connectivity index (χ1n) is 8.78. The van der Waals surface area contributed by atoms with Crippen LogP contribution in [0.1, 0.15) is 32.1 Å². The number of amides is 2. The van der Waals surface area contributed by atoms with Crippen LogP contribution >= 0.6 is 0 Å². The Bertz CT molecular complexity index is 1300. The van der Waals surface area contributed by atoms with Crippen molar-refractivity contribution in [1.29, 1.82) is 0 Å². The van der Waals surface area contributed by atoms with E-state index in [1.54, 1.807) is 0 Å². The molecule has 166 valence electrons. The minimum absolute atomic E-state index is 0.00720. The molecule has 32 heavy (non-hydrogen) atoms. The first-order chi connectivity index (χ1) is 14.9. The predicted octanol–water partition coefficient (Wildman–Crippen LogP) is 3.19. The quantitative estimate of drug-likeness (QED) is 0.593. The van der Waals surface area contributed by atoms with Crippen LogP contribution in [0.25, 0.3) is 5.69 Å². The molecule has 0 aliphatic rings. The van der Waals surface area contributed by atoms with Crippen LogP contribution in [0.2, 0.25) is 0 Å². The van der Waals surface area contributed by atoms with E-state index in [9.17, 15) is 36.3 Å². The molecule has 0 bridgehead atoms. The van der Waals surface area contributed by atoms with Crippen LogP contribution in [0.5, 0.6) is 0 Å². The van der Waals surface area contributed by atoms with Crippen LogP contribution in [0.4, 0.5) is 27.6 Å². The number of para-hydroxylation sites is 1. The number of alkyl halides is 3. The summed E-state index contributed by atoms with van der Waals surface area (Å²) >= 11 is 0. The fourth-order valence-corrected chi connectivity index (χ4v) is 2.86. The van der Waals surface area contributed by atoms with E-state index in [0.717, 1.165) is 28.9 Å². The summed E-state index contributed by atoms with van der Waals surface area (Å²) in [5, 5.41) is 5.67. The van der Waals surface area contributed by atoms with Crippen molar-refractivity contribution in [1.82, 2.24) is 9.78 Å². The zero-order chi connectivity index (χ0) is 23.8. The number of aryl methyl sites for hydroxylation is 1. The Hall–Kier alpha value is -4.09. The smallest absolute Gasteiger partial charge is 0.366 e. The van der Waals surface area contributed by atoms with Crippen molar-refractivity contribution in [2.75, 3.05) is 5.32 Å². The van der Waals surface area contributed by atoms with Crippen molar-refractivity contribution >= 4 is 17.5 Å². The summed E-state index contributed by atoms with van der Waals surface area (Å²) in [5.74, 6) is -5.09. The second kappa shape index (κ2) is 8.21. The number of aromatic nitrogens is 2. The van der Waals surface area contributed by atoms with E-state index in [-0.39, 0.29) is 5.69 Å². The summed E-state index contributed by atoms with van der Waals surface area (Å²) in [6.45, 7) is 1.31. The number of benzene rings is 2. The Morgan fingerprint density at radius 2 is 1.72 bits per heavy atom. The number of carbonyl (C=O) groups excluding carboxylic acids is 2. The minimum Gasteiger partial charge on any atom is -0.366 e. The van der Waals surface area contributed by atoms with Gasteiger partial charge in [-0.25, -0.2) is 13.5 Å². The van der Waals surface area contributed by atoms with Crippen LogP contribution in [0.15, 0.2) is 47.3 Å². The van der Waals surface area contributed by atoms with E-state index in [1.807, 2.05) is 5.32 Å². The monoisotopic (exact) mass is 452 g/mol. The highest BCUT2D eigenvalue weighted by atomic mass is 19.4. The van der Waals surface area contributed by atoms with Gasteiger partial charge in [-0.1, -0.05) is 12.1 Å². The number of rotatable bonds is 4. The third-order valence-corrected chi connectivity index (χ3v) is 4.33. The van der Waals surface area contributed by atoms with Gasteiger partial charge in [0.25, 0.3) is 11.8 Å². The van der Waals surface area contributed by atoms with Crippen molar-refractivity contribution in [2.45, 2.75) is 13.1 Å². The van der Waals surface area contributed by atoms with Crippen LogP contribution < -0.4 is 16.5 Å².